The smallest absolute Gasteiger partial charge is 0.118 e. The molecule has 2 rings (SSSR count). The fourth-order valence-corrected chi connectivity index (χ4v) is 2.50. The van der Waals surface area contributed by atoms with Gasteiger partial charge in [-0.05, 0) is 45.8 Å². The van der Waals surface area contributed by atoms with Gasteiger partial charge in [0, 0.05) is 15.1 Å². The summed E-state index contributed by atoms with van der Waals surface area (Å²) in [5.74, 6) is 0. The molecule has 0 heterocycles. The molecule has 0 radical (unpaired) electrons. The van der Waals surface area contributed by atoms with Crippen LogP contribution >= 0.6 is 39.1 Å². The van der Waals surface area contributed by atoms with Crippen LogP contribution in [0.3, 0.4) is 0 Å². The maximum atomic E-state index is 9.38. The van der Waals surface area contributed by atoms with Gasteiger partial charge < -0.3 is 5.21 Å². The summed E-state index contributed by atoms with van der Waals surface area (Å²) in [6, 6.07) is 9.03. The van der Waals surface area contributed by atoms with Crippen molar-refractivity contribution in [2.45, 2.75) is 0 Å². The van der Waals surface area contributed by atoms with Crippen molar-refractivity contribution in [1.82, 2.24) is 0 Å². The second-order valence-electron chi connectivity index (χ2n) is 3.88. The summed E-state index contributed by atoms with van der Waals surface area (Å²) in [5.41, 5.74) is 1.97. The maximum absolute atomic E-state index is 9.38. The van der Waals surface area contributed by atoms with E-state index in [1.807, 2.05) is 0 Å². The van der Waals surface area contributed by atoms with Crippen LogP contribution < -0.4 is 0 Å². The first kappa shape index (κ1) is 14.9. The molecule has 1 aliphatic carbocycles. The number of halogens is 3. The lowest BCUT2D eigenvalue weighted by molar-refractivity contribution is 0.320. The average Bonchev–Trinajstić information content (AvgIpc) is 2.45. The molecule has 0 aromatic heterocycles. The molecule has 0 aliphatic heterocycles. The molecule has 3 nitrogen and oxygen atoms in total. The van der Waals surface area contributed by atoms with Gasteiger partial charge in [0.2, 0.25) is 0 Å². The average molecular weight is 370 g/mol. The van der Waals surface area contributed by atoms with Gasteiger partial charge >= 0.3 is 0 Å². The lowest BCUT2D eigenvalue weighted by Gasteiger charge is -2.12. The standard InChI is InChI=1S/C14H7BrCl2N2O/c15-12-5-10(13(17)6-14(12)19-20)11(7-18)8-1-3-9(16)4-2-8/h1-6,20H/b11-10+,19-14+. The topological polar surface area (TPSA) is 56.4 Å². The Morgan fingerprint density at radius 2 is 1.85 bits per heavy atom. The van der Waals surface area contributed by atoms with E-state index in [1.165, 1.54) is 6.08 Å². The summed E-state index contributed by atoms with van der Waals surface area (Å²) in [6.45, 7) is 0. The van der Waals surface area contributed by atoms with Crippen LogP contribution in [0, 0.1) is 11.3 Å². The van der Waals surface area contributed by atoms with Gasteiger partial charge in [-0.25, -0.2) is 0 Å². The predicted molar refractivity (Wildman–Crippen MR) is 84.2 cm³/mol. The van der Waals surface area contributed by atoms with Gasteiger partial charge in [0.1, 0.15) is 11.8 Å². The second-order valence-corrected chi connectivity index (χ2v) is 5.58. The first-order chi connectivity index (χ1) is 9.56. The minimum Gasteiger partial charge on any atom is -0.410 e. The molecule has 1 aromatic carbocycles. The summed E-state index contributed by atoms with van der Waals surface area (Å²) >= 11 is 15.2. The number of hydrogen-bond acceptors (Lipinski definition) is 3. The molecule has 1 aromatic rings. The summed E-state index contributed by atoms with van der Waals surface area (Å²) in [6.07, 6.45) is 3.12. The van der Waals surface area contributed by atoms with Crippen LogP contribution in [-0.4, -0.2) is 10.9 Å². The minimum atomic E-state index is 0.298. The zero-order chi connectivity index (χ0) is 14.7. The molecule has 0 fully saturated rings. The molecule has 0 saturated carbocycles. The maximum Gasteiger partial charge on any atom is 0.118 e. The van der Waals surface area contributed by atoms with Crippen molar-refractivity contribution in [3.05, 3.63) is 62.1 Å². The lowest BCUT2D eigenvalue weighted by Crippen LogP contribution is -2.03. The van der Waals surface area contributed by atoms with Crippen LogP contribution in [0.2, 0.25) is 5.02 Å². The molecule has 0 unspecified atom stereocenters. The Kier molecular flexibility index (Phi) is 4.66. The fraction of sp³-hybridized carbons (Fsp3) is 0. The minimum absolute atomic E-state index is 0.298. The van der Waals surface area contributed by atoms with E-state index in [9.17, 15) is 5.26 Å². The predicted octanol–water partition coefficient (Wildman–Crippen LogP) is 4.86. The van der Waals surface area contributed by atoms with Crippen molar-refractivity contribution < 1.29 is 5.21 Å². The van der Waals surface area contributed by atoms with Crippen LogP contribution in [0.15, 0.2) is 56.7 Å². The highest BCUT2D eigenvalue weighted by Gasteiger charge is 2.18. The Labute approximate surface area is 134 Å². The van der Waals surface area contributed by atoms with E-state index >= 15 is 0 Å². The number of oxime groups is 1. The van der Waals surface area contributed by atoms with Crippen LogP contribution in [0.4, 0.5) is 0 Å². The molecule has 1 aliphatic rings. The monoisotopic (exact) mass is 368 g/mol. The van der Waals surface area contributed by atoms with Crippen molar-refractivity contribution in [1.29, 1.82) is 5.26 Å². The quantitative estimate of drug-likeness (QED) is 0.436. The highest BCUT2D eigenvalue weighted by atomic mass is 79.9. The molecule has 0 atom stereocenters. The third kappa shape index (κ3) is 2.96. The van der Waals surface area contributed by atoms with Crippen molar-refractivity contribution in [3.8, 4) is 6.07 Å². The van der Waals surface area contributed by atoms with E-state index in [0.717, 1.165) is 0 Å². The van der Waals surface area contributed by atoms with Gasteiger partial charge in [-0.1, -0.05) is 40.5 Å². The molecule has 6 heteroatoms. The van der Waals surface area contributed by atoms with E-state index in [0.29, 0.717) is 37.0 Å². The molecule has 100 valence electrons. The highest BCUT2D eigenvalue weighted by Crippen LogP contribution is 2.33. The largest absolute Gasteiger partial charge is 0.410 e. The number of nitriles is 1. The number of hydrogen-bond donors (Lipinski definition) is 1. The van der Waals surface area contributed by atoms with Gasteiger partial charge in [-0.15, -0.1) is 0 Å². The summed E-state index contributed by atoms with van der Waals surface area (Å²) in [5, 5.41) is 22.2. The van der Waals surface area contributed by atoms with Crippen molar-refractivity contribution >= 4 is 50.4 Å². The van der Waals surface area contributed by atoms with E-state index < -0.39 is 0 Å². The lowest BCUT2D eigenvalue weighted by atomic mass is 9.97. The van der Waals surface area contributed by atoms with Gasteiger partial charge in [0.05, 0.1) is 10.6 Å². The molecular formula is C14H7BrCl2N2O. The zero-order valence-electron chi connectivity index (χ0n) is 9.94. The number of benzene rings is 1. The van der Waals surface area contributed by atoms with E-state index in [1.54, 1.807) is 30.3 Å². The van der Waals surface area contributed by atoms with Gasteiger partial charge in [-0.3, -0.25) is 0 Å². The number of allylic oxidation sites excluding steroid dienone is 6. The van der Waals surface area contributed by atoms with Crippen LogP contribution in [0.25, 0.3) is 5.57 Å². The third-order valence-electron chi connectivity index (χ3n) is 2.66. The zero-order valence-corrected chi connectivity index (χ0v) is 13.0. The molecular weight excluding hydrogens is 363 g/mol. The summed E-state index contributed by atoms with van der Waals surface area (Å²) in [7, 11) is 0. The Bertz CT molecular complexity index is 710. The highest BCUT2D eigenvalue weighted by molar-refractivity contribution is 9.12. The molecule has 0 bridgehead atoms. The molecule has 1 N–H and O–H groups in total. The Hall–Kier alpha value is -1.54. The van der Waals surface area contributed by atoms with E-state index in [2.05, 4.69) is 27.2 Å². The summed E-state index contributed by atoms with van der Waals surface area (Å²) in [4.78, 5) is 0. The third-order valence-corrected chi connectivity index (χ3v) is 3.86. The van der Waals surface area contributed by atoms with Gasteiger partial charge in [0.25, 0.3) is 0 Å². The first-order valence-corrected chi connectivity index (χ1v) is 6.99. The first-order valence-electron chi connectivity index (χ1n) is 5.44. The SMILES string of the molecule is N#C/C(=C1C=C(Br)/C(=N/O)C=C/1Cl)c1ccc(Cl)cc1. The van der Waals surface area contributed by atoms with Crippen LogP contribution in [0.5, 0.6) is 0 Å². The Morgan fingerprint density at radius 3 is 2.40 bits per heavy atom. The Balaban J connectivity index is 2.61. The van der Waals surface area contributed by atoms with E-state index in [-0.39, 0.29) is 0 Å². The molecule has 0 amide bonds. The molecule has 0 saturated heterocycles. The summed E-state index contributed by atoms with van der Waals surface area (Å²) < 4.78 is 0.543. The normalized spacial score (nSPS) is 19.2. The van der Waals surface area contributed by atoms with Gasteiger partial charge in [0.15, 0.2) is 0 Å². The van der Waals surface area contributed by atoms with Crippen molar-refractivity contribution in [2.24, 2.45) is 5.16 Å². The number of rotatable bonds is 1. The van der Waals surface area contributed by atoms with Crippen molar-refractivity contribution in [3.63, 3.8) is 0 Å². The Morgan fingerprint density at radius 1 is 1.20 bits per heavy atom. The van der Waals surface area contributed by atoms with E-state index in [4.69, 9.17) is 28.4 Å². The fourth-order valence-electron chi connectivity index (χ4n) is 1.70. The van der Waals surface area contributed by atoms with Crippen LogP contribution in [-0.2, 0) is 0 Å². The molecule has 20 heavy (non-hydrogen) atoms. The second kappa shape index (κ2) is 6.27. The number of nitrogens with zero attached hydrogens (tertiary/aromatic N) is 2. The van der Waals surface area contributed by atoms with Crippen molar-refractivity contribution in [2.75, 3.05) is 0 Å². The van der Waals surface area contributed by atoms with Gasteiger partial charge in [-0.2, -0.15) is 5.26 Å². The van der Waals surface area contributed by atoms with Crippen LogP contribution in [0.1, 0.15) is 5.56 Å². The molecule has 0 spiro atoms.